The number of ketones is 1. The van der Waals surface area contributed by atoms with E-state index in [2.05, 4.69) is 15.6 Å². The van der Waals surface area contributed by atoms with E-state index in [1.54, 1.807) is 24.3 Å². The maximum absolute atomic E-state index is 12.6. The van der Waals surface area contributed by atoms with Crippen LogP contribution in [0, 0.1) is 19.8 Å². The van der Waals surface area contributed by atoms with Gasteiger partial charge < -0.3 is 10.6 Å². The zero-order chi connectivity index (χ0) is 21.0. The molecule has 8 heteroatoms. The van der Waals surface area contributed by atoms with Crippen LogP contribution in [0.1, 0.15) is 40.7 Å². The van der Waals surface area contributed by atoms with Crippen LogP contribution in [-0.2, 0) is 9.59 Å². The molecular formula is C21H26N4O3S. The summed E-state index contributed by atoms with van der Waals surface area (Å²) in [6.07, 6.45) is 1.66. The number of Topliss-reactive ketones (excluding diaryl/α,β-unsaturated/α-hetero) is 1. The van der Waals surface area contributed by atoms with Crippen molar-refractivity contribution in [2.24, 2.45) is 5.92 Å². The molecule has 154 valence electrons. The molecule has 2 N–H and O–H groups in total. The average molecular weight is 415 g/mol. The van der Waals surface area contributed by atoms with Gasteiger partial charge in [0.05, 0.1) is 18.2 Å². The molecule has 1 atom stereocenters. The van der Waals surface area contributed by atoms with Crippen LogP contribution in [0.5, 0.6) is 0 Å². The molecule has 0 saturated carbocycles. The summed E-state index contributed by atoms with van der Waals surface area (Å²) >= 11 is 1.47. The zero-order valence-corrected chi connectivity index (χ0v) is 17.8. The highest BCUT2D eigenvalue weighted by molar-refractivity contribution is 7.15. The van der Waals surface area contributed by atoms with Crippen molar-refractivity contribution < 1.29 is 14.4 Å². The molecule has 1 aliphatic rings. The first-order valence-electron chi connectivity index (χ1n) is 9.70. The molecule has 1 fully saturated rings. The molecule has 1 aromatic carbocycles. The topological polar surface area (TPSA) is 91.4 Å². The Labute approximate surface area is 174 Å². The summed E-state index contributed by atoms with van der Waals surface area (Å²) in [5.41, 5.74) is 2.21. The van der Waals surface area contributed by atoms with E-state index in [-0.39, 0.29) is 30.1 Å². The van der Waals surface area contributed by atoms with E-state index in [4.69, 9.17) is 0 Å². The van der Waals surface area contributed by atoms with Crippen molar-refractivity contribution in [3.8, 4) is 0 Å². The second-order valence-electron chi connectivity index (χ2n) is 7.41. The second kappa shape index (κ2) is 9.28. The normalized spacial score (nSPS) is 17.0. The number of anilines is 2. The van der Waals surface area contributed by atoms with E-state index in [0.29, 0.717) is 22.9 Å². The van der Waals surface area contributed by atoms with Crippen LogP contribution in [0.2, 0.25) is 0 Å². The summed E-state index contributed by atoms with van der Waals surface area (Å²) in [6.45, 7) is 6.99. The lowest BCUT2D eigenvalue weighted by molar-refractivity contribution is -0.123. The molecule has 2 amide bonds. The third kappa shape index (κ3) is 5.71. The van der Waals surface area contributed by atoms with Gasteiger partial charge in [-0.3, -0.25) is 19.3 Å². The number of likely N-dealkylation sites (tertiary alicyclic amines) is 1. The number of carbonyl (C=O) groups is 3. The molecular weight excluding hydrogens is 388 g/mol. The number of thiazole rings is 1. The average Bonchev–Trinajstić information content (AvgIpc) is 2.99. The predicted octanol–water partition coefficient (Wildman–Crippen LogP) is 3.25. The lowest BCUT2D eigenvalue weighted by Gasteiger charge is -2.31. The number of amides is 2. The number of benzene rings is 1. The number of rotatable bonds is 6. The van der Waals surface area contributed by atoms with Gasteiger partial charge in [0.25, 0.3) is 0 Å². The Bertz CT molecular complexity index is 888. The fraction of sp³-hybridized carbons (Fsp3) is 0.429. The van der Waals surface area contributed by atoms with E-state index in [9.17, 15) is 14.4 Å². The van der Waals surface area contributed by atoms with Gasteiger partial charge >= 0.3 is 0 Å². The maximum Gasteiger partial charge on any atom is 0.240 e. The van der Waals surface area contributed by atoms with Gasteiger partial charge in [-0.2, -0.15) is 0 Å². The van der Waals surface area contributed by atoms with Gasteiger partial charge in [-0.25, -0.2) is 4.98 Å². The summed E-state index contributed by atoms with van der Waals surface area (Å²) in [5.74, 6) is -0.350. The molecule has 0 spiro atoms. The van der Waals surface area contributed by atoms with E-state index in [1.165, 1.54) is 18.3 Å². The molecule has 1 aliphatic heterocycles. The number of nitrogens with one attached hydrogen (secondary N) is 2. The van der Waals surface area contributed by atoms with E-state index in [1.807, 2.05) is 18.7 Å². The van der Waals surface area contributed by atoms with Crippen LogP contribution in [0.15, 0.2) is 24.3 Å². The zero-order valence-electron chi connectivity index (χ0n) is 16.9. The van der Waals surface area contributed by atoms with Crippen molar-refractivity contribution in [1.29, 1.82) is 0 Å². The SMILES string of the molecule is CC(=O)c1ccc(NC(=O)C2CCCN(CC(=O)Nc3nc(C)c(C)s3)C2)cc1. The van der Waals surface area contributed by atoms with Gasteiger partial charge in [0.2, 0.25) is 11.8 Å². The molecule has 3 rings (SSSR count). The van der Waals surface area contributed by atoms with Crippen LogP contribution in [-0.4, -0.2) is 47.1 Å². The standard InChI is InChI=1S/C21H26N4O3S/c1-13-15(3)29-21(22-13)24-19(27)12-25-10-4-5-17(11-25)20(28)23-18-8-6-16(7-9-18)14(2)26/h6-9,17H,4-5,10-12H2,1-3H3,(H,23,28)(H,22,24,27). The van der Waals surface area contributed by atoms with Gasteiger partial charge in [0.15, 0.2) is 10.9 Å². The molecule has 29 heavy (non-hydrogen) atoms. The molecule has 0 bridgehead atoms. The number of carbonyl (C=O) groups excluding carboxylic acids is 3. The molecule has 2 aromatic rings. The van der Waals surface area contributed by atoms with Crippen LogP contribution in [0.25, 0.3) is 0 Å². The van der Waals surface area contributed by atoms with Crippen LogP contribution < -0.4 is 10.6 Å². The molecule has 0 aliphatic carbocycles. The highest BCUT2D eigenvalue weighted by Gasteiger charge is 2.27. The van der Waals surface area contributed by atoms with Crippen LogP contribution >= 0.6 is 11.3 Å². The number of hydrogen-bond acceptors (Lipinski definition) is 6. The number of aromatic nitrogens is 1. The maximum atomic E-state index is 12.6. The number of hydrogen-bond donors (Lipinski definition) is 2. The van der Waals surface area contributed by atoms with Gasteiger partial charge in [-0.15, -0.1) is 11.3 Å². The number of nitrogens with zero attached hydrogens (tertiary/aromatic N) is 2. The molecule has 0 radical (unpaired) electrons. The summed E-state index contributed by atoms with van der Waals surface area (Å²) in [4.78, 5) is 43.8. The van der Waals surface area contributed by atoms with Crippen molar-refractivity contribution in [3.63, 3.8) is 0 Å². The Morgan fingerprint density at radius 3 is 2.52 bits per heavy atom. The summed E-state index contributed by atoms with van der Waals surface area (Å²) in [7, 11) is 0. The van der Waals surface area contributed by atoms with Crippen molar-refractivity contribution in [2.75, 3.05) is 30.3 Å². The van der Waals surface area contributed by atoms with Crippen LogP contribution in [0.4, 0.5) is 10.8 Å². The predicted molar refractivity (Wildman–Crippen MR) is 114 cm³/mol. The first-order chi connectivity index (χ1) is 13.8. The van der Waals surface area contributed by atoms with E-state index in [0.717, 1.165) is 30.0 Å². The smallest absolute Gasteiger partial charge is 0.240 e. The highest BCUT2D eigenvalue weighted by atomic mass is 32.1. The highest BCUT2D eigenvalue weighted by Crippen LogP contribution is 2.22. The third-order valence-electron chi connectivity index (χ3n) is 5.08. The van der Waals surface area contributed by atoms with Crippen molar-refractivity contribution in [1.82, 2.24) is 9.88 Å². The van der Waals surface area contributed by atoms with Crippen molar-refractivity contribution in [2.45, 2.75) is 33.6 Å². The van der Waals surface area contributed by atoms with E-state index >= 15 is 0 Å². The minimum absolute atomic E-state index is 0.00727. The van der Waals surface area contributed by atoms with Gasteiger partial charge in [-0.1, -0.05) is 0 Å². The van der Waals surface area contributed by atoms with Crippen molar-refractivity contribution >= 4 is 39.8 Å². The largest absolute Gasteiger partial charge is 0.326 e. The third-order valence-corrected chi connectivity index (χ3v) is 6.07. The summed E-state index contributed by atoms with van der Waals surface area (Å²) < 4.78 is 0. The Morgan fingerprint density at radius 2 is 1.90 bits per heavy atom. The second-order valence-corrected chi connectivity index (χ2v) is 8.61. The first-order valence-corrected chi connectivity index (χ1v) is 10.5. The minimum atomic E-state index is -0.173. The molecule has 2 heterocycles. The molecule has 1 aromatic heterocycles. The lowest BCUT2D eigenvalue weighted by Crippen LogP contribution is -2.43. The lowest BCUT2D eigenvalue weighted by atomic mass is 9.97. The van der Waals surface area contributed by atoms with Gasteiger partial charge in [0, 0.05) is 22.7 Å². The Hall–Kier alpha value is -2.58. The monoisotopic (exact) mass is 414 g/mol. The molecule has 7 nitrogen and oxygen atoms in total. The quantitative estimate of drug-likeness (QED) is 0.708. The first kappa shape index (κ1) is 21.1. The number of aryl methyl sites for hydroxylation is 2. The number of piperidine rings is 1. The Morgan fingerprint density at radius 1 is 1.17 bits per heavy atom. The molecule has 1 unspecified atom stereocenters. The fourth-order valence-electron chi connectivity index (χ4n) is 3.33. The van der Waals surface area contributed by atoms with Gasteiger partial charge in [-0.05, 0) is 64.4 Å². The van der Waals surface area contributed by atoms with Gasteiger partial charge in [0.1, 0.15) is 0 Å². The van der Waals surface area contributed by atoms with Crippen molar-refractivity contribution in [3.05, 3.63) is 40.4 Å². The summed E-state index contributed by atoms with van der Waals surface area (Å²) in [6, 6.07) is 6.89. The minimum Gasteiger partial charge on any atom is -0.326 e. The Kier molecular flexibility index (Phi) is 6.76. The molecule has 1 saturated heterocycles. The van der Waals surface area contributed by atoms with E-state index < -0.39 is 0 Å². The van der Waals surface area contributed by atoms with Crippen LogP contribution in [0.3, 0.4) is 0 Å². The fourth-order valence-corrected chi connectivity index (χ4v) is 4.16. The summed E-state index contributed by atoms with van der Waals surface area (Å²) in [5, 5.41) is 6.38. The Balaban J connectivity index is 1.51.